The molecule has 2 atom stereocenters. The van der Waals surface area contributed by atoms with E-state index in [1.807, 2.05) is 0 Å². The molecule has 0 aliphatic carbocycles. The van der Waals surface area contributed by atoms with Crippen LogP contribution in [-0.4, -0.2) is 9.55 Å². The Morgan fingerprint density at radius 3 is 2.24 bits per heavy atom. The van der Waals surface area contributed by atoms with Crippen molar-refractivity contribution in [2.24, 2.45) is 5.92 Å². The molecule has 2 heteroatoms. The van der Waals surface area contributed by atoms with Crippen LogP contribution in [0.4, 0.5) is 0 Å². The van der Waals surface area contributed by atoms with E-state index in [-0.39, 0.29) is 5.92 Å². The fourth-order valence-electron chi connectivity index (χ4n) is 3.58. The van der Waals surface area contributed by atoms with E-state index in [0.29, 0.717) is 12.0 Å². The van der Waals surface area contributed by atoms with Crippen LogP contribution < -0.4 is 0 Å². The number of fused-ring (bicyclic) bond motifs is 1. The highest BCUT2D eigenvalue weighted by Crippen LogP contribution is 2.31. The number of benzene rings is 2. The average molecular weight is 335 g/mol. The van der Waals surface area contributed by atoms with E-state index in [1.165, 1.54) is 22.5 Å². The summed E-state index contributed by atoms with van der Waals surface area (Å²) in [6.07, 6.45) is 2.24. The fourth-order valence-corrected chi connectivity index (χ4v) is 3.58. The maximum absolute atomic E-state index is 4.99. The summed E-state index contributed by atoms with van der Waals surface area (Å²) in [5, 5.41) is 0. The van der Waals surface area contributed by atoms with Gasteiger partial charge in [-0.3, -0.25) is 0 Å². The van der Waals surface area contributed by atoms with Crippen molar-refractivity contribution < 1.29 is 0 Å². The topological polar surface area (TPSA) is 17.8 Å². The quantitative estimate of drug-likeness (QED) is 0.513. The van der Waals surface area contributed by atoms with Gasteiger partial charge in [-0.1, -0.05) is 64.1 Å². The van der Waals surface area contributed by atoms with E-state index in [0.717, 1.165) is 18.4 Å². The molecular formula is C23H30N2. The van der Waals surface area contributed by atoms with Crippen molar-refractivity contribution in [2.45, 2.75) is 59.4 Å². The molecule has 0 spiro atoms. The molecule has 3 rings (SSSR count). The van der Waals surface area contributed by atoms with Gasteiger partial charge in [0.2, 0.25) is 0 Å². The van der Waals surface area contributed by atoms with Crippen LogP contribution in [0.15, 0.2) is 48.5 Å². The van der Waals surface area contributed by atoms with E-state index in [9.17, 15) is 0 Å². The van der Waals surface area contributed by atoms with Crippen molar-refractivity contribution >= 4 is 11.0 Å². The third-order valence-electron chi connectivity index (χ3n) is 5.17. The normalized spacial score (nSPS) is 14.2. The molecule has 0 unspecified atom stereocenters. The standard InChI is InChI=1S/C23H30N2/c1-6-17(4)25-22-10-8-7-9-21(22)24-23(25)18(5)20-13-11-19(12-14-20)15-16(2)3/h7-14,16-18H,6,15H2,1-5H3/t17-,18-/m0/s1. The number of imidazole rings is 1. The van der Waals surface area contributed by atoms with Crippen molar-refractivity contribution in [1.82, 2.24) is 9.55 Å². The predicted octanol–water partition coefficient (Wildman–Crippen LogP) is 6.36. The molecule has 0 saturated carbocycles. The average Bonchev–Trinajstić information content (AvgIpc) is 3.00. The van der Waals surface area contributed by atoms with Gasteiger partial charge < -0.3 is 4.57 Å². The van der Waals surface area contributed by atoms with Crippen molar-refractivity contribution in [3.63, 3.8) is 0 Å². The van der Waals surface area contributed by atoms with Crippen LogP contribution in [0, 0.1) is 5.92 Å². The summed E-state index contributed by atoms with van der Waals surface area (Å²) in [5.74, 6) is 2.15. The Kier molecular flexibility index (Phi) is 5.27. The summed E-state index contributed by atoms with van der Waals surface area (Å²) in [5.41, 5.74) is 5.10. The zero-order valence-corrected chi connectivity index (χ0v) is 16.2. The summed E-state index contributed by atoms with van der Waals surface area (Å²) >= 11 is 0. The Morgan fingerprint density at radius 2 is 1.60 bits per heavy atom. The lowest BCUT2D eigenvalue weighted by atomic mass is 9.96. The molecule has 132 valence electrons. The van der Waals surface area contributed by atoms with Crippen LogP contribution in [0.3, 0.4) is 0 Å². The lowest BCUT2D eigenvalue weighted by Gasteiger charge is -2.20. The van der Waals surface area contributed by atoms with Gasteiger partial charge in [0.15, 0.2) is 0 Å². The lowest BCUT2D eigenvalue weighted by molar-refractivity contribution is 0.514. The molecule has 0 aliphatic heterocycles. The summed E-state index contributed by atoms with van der Waals surface area (Å²) in [7, 11) is 0. The van der Waals surface area contributed by atoms with E-state index < -0.39 is 0 Å². The second kappa shape index (κ2) is 7.43. The molecule has 0 N–H and O–H groups in total. The van der Waals surface area contributed by atoms with E-state index in [2.05, 4.69) is 87.7 Å². The van der Waals surface area contributed by atoms with Crippen LogP contribution in [0.25, 0.3) is 11.0 Å². The second-order valence-electron chi connectivity index (χ2n) is 7.65. The molecule has 1 aromatic heterocycles. The first-order valence-corrected chi connectivity index (χ1v) is 9.57. The monoisotopic (exact) mass is 334 g/mol. The minimum absolute atomic E-state index is 0.287. The zero-order valence-electron chi connectivity index (χ0n) is 16.2. The summed E-state index contributed by atoms with van der Waals surface area (Å²) in [6.45, 7) is 11.3. The molecule has 2 nitrogen and oxygen atoms in total. The van der Waals surface area contributed by atoms with Crippen LogP contribution in [0.5, 0.6) is 0 Å². The second-order valence-corrected chi connectivity index (χ2v) is 7.65. The SMILES string of the molecule is CC[C@H](C)n1c([C@@H](C)c2ccc(CC(C)C)cc2)nc2ccccc21. The van der Waals surface area contributed by atoms with Gasteiger partial charge in [0.05, 0.1) is 11.0 Å². The first kappa shape index (κ1) is 17.7. The maximum atomic E-state index is 4.99. The smallest absolute Gasteiger partial charge is 0.117 e. The number of rotatable bonds is 6. The zero-order chi connectivity index (χ0) is 18.0. The van der Waals surface area contributed by atoms with Crippen LogP contribution in [0.1, 0.15) is 70.0 Å². The van der Waals surface area contributed by atoms with Crippen molar-refractivity contribution in [3.8, 4) is 0 Å². The van der Waals surface area contributed by atoms with Gasteiger partial charge in [-0.05, 0) is 48.9 Å². The molecular weight excluding hydrogens is 304 g/mol. The maximum Gasteiger partial charge on any atom is 0.117 e. The molecule has 0 radical (unpaired) electrons. The number of para-hydroxylation sites is 2. The summed E-state index contributed by atoms with van der Waals surface area (Å²) < 4.78 is 2.43. The molecule has 0 fully saturated rings. The van der Waals surface area contributed by atoms with Gasteiger partial charge in [0, 0.05) is 12.0 Å². The number of aromatic nitrogens is 2. The first-order chi connectivity index (χ1) is 12.0. The minimum atomic E-state index is 0.287. The largest absolute Gasteiger partial charge is 0.325 e. The van der Waals surface area contributed by atoms with E-state index in [4.69, 9.17) is 4.98 Å². The number of hydrogen-bond acceptors (Lipinski definition) is 1. The predicted molar refractivity (Wildman–Crippen MR) is 107 cm³/mol. The third kappa shape index (κ3) is 3.63. The molecule has 0 bridgehead atoms. The summed E-state index contributed by atoms with van der Waals surface area (Å²) in [6, 6.07) is 18.1. The molecule has 1 heterocycles. The Hall–Kier alpha value is -2.09. The third-order valence-corrected chi connectivity index (χ3v) is 5.17. The molecule has 0 aliphatic rings. The molecule has 25 heavy (non-hydrogen) atoms. The van der Waals surface area contributed by atoms with Crippen LogP contribution in [-0.2, 0) is 6.42 Å². The Balaban J connectivity index is 2.00. The Bertz CT molecular complexity index is 827. The Labute approximate surface area is 151 Å². The van der Waals surface area contributed by atoms with Crippen LogP contribution >= 0.6 is 0 Å². The lowest BCUT2D eigenvalue weighted by Crippen LogP contribution is -2.12. The van der Waals surface area contributed by atoms with Crippen molar-refractivity contribution in [2.75, 3.05) is 0 Å². The summed E-state index contributed by atoms with van der Waals surface area (Å²) in [4.78, 5) is 4.99. The van der Waals surface area contributed by atoms with Gasteiger partial charge in [-0.25, -0.2) is 4.98 Å². The van der Waals surface area contributed by atoms with Crippen LogP contribution in [0.2, 0.25) is 0 Å². The molecule has 0 saturated heterocycles. The van der Waals surface area contributed by atoms with Crippen molar-refractivity contribution in [3.05, 3.63) is 65.5 Å². The molecule has 3 aromatic rings. The Morgan fingerprint density at radius 1 is 0.920 bits per heavy atom. The van der Waals surface area contributed by atoms with E-state index >= 15 is 0 Å². The number of hydrogen-bond donors (Lipinski definition) is 0. The highest BCUT2D eigenvalue weighted by molar-refractivity contribution is 5.76. The van der Waals surface area contributed by atoms with Gasteiger partial charge in [-0.15, -0.1) is 0 Å². The molecule has 0 amide bonds. The molecule has 2 aromatic carbocycles. The van der Waals surface area contributed by atoms with Gasteiger partial charge in [-0.2, -0.15) is 0 Å². The van der Waals surface area contributed by atoms with E-state index in [1.54, 1.807) is 0 Å². The number of nitrogens with zero attached hydrogens (tertiary/aromatic N) is 2. The van der Waals surface area contributed by atoms with Gasteiger partial charge in [0.25, 0.3) is 0 Å². The van der Waals surface area contributed by atoms with Crippen molar-refractivity contribution in [1.29, 1.82) is 0 Å². The fraction of sp³-hybridized carbons (Fsp3) is 0.435. The van der Waals surface area contributed by atoms with Gasteiger partial charge >= 0.3 is 0 Å². The van der Waals surface area contributed by atoms with Gasteiger partial charge in [0.1, 0.15) is 5.82 Å². The highest BCUT2D eigenvalue weighted by Gasteiger charge is 2.20. The highest BCUT2D eigenvalue weighted by atomic mass is 15.1. The first-order valence-electron chi connectivity index (χ1n) is 9.57. The minimum Gasteiger partial charge on any atom is -0.325 e.